The van der Waals surface area contributed by atoms with Gasteiger partial charge in [0.25, 0.3) is 0 Å². The molecule has 0 aromatic heterocycles. The van der Waals surface area contributed by atoms with E-state index in [2.05, 4.69) is 22.3 Å². The van der Waals surface area contributed by atoms with E-state index >= 15 is 0 Å². The predicted octanol–water partition coefficient (Wildman–Crippen LogP) is 2.35. The third-order valence-electron chi connectivity index (χ3n) is 4.54. The molecule has 2 rings (SSSR count). The van der Waals surface area contributed by atoms with Gasteiger partial charge in [0.2, 0.25) is 11.8 Å². The molecule has 5 nitrogen and oxygen atoms in total. The number of rotatable bonds is 6. The molecule has 1 aliphatic rings. The van der Waals surface area contributed by atoms with E-state index in [0.29, 0.717) is 13.0 Å². The Morgan fingerprint density at radius 1 is 1.25 bits per heavy atom. The maximum atomic E-state index is 12.6. The van der Waals surface area contributed by atoms with Crippen LogP contribution in [0.2, 0.25) is 0 Å². The Hall–Kier alpha value is -1.88. The second-order valence-corrected chi connectivity index (χ2v) is 7.16. The molecule has 1 heterocycles. The van der Waals surface area contributed by atoms with Gasteiger partial charge in [0.05, 0.1) is 5.92 Å². The molecular formula is C19H29N3O2. The van der Waals surface area contributed by atoms with Crippen molar-refractivity contribution in [3.05, 3.63) is 28.8 Å². The number of aryl methyl sites for hydroxylation is 3. The number of carbonyl (C=O) groups excluding carboxylic acids is 2. The molecule has 1 fully saturated rings. The molecule has 1 unspecified atom stereocenters. The zero-order chi connectivity index (χ0) is 17.9. The molecule has 1 atom stereocenters. The third kappa shape index (κ3) is 4.57. The van der Waals surface area contributed by atoms with Crippen LogP contribution in [0.15, 0.2) is 12.1 Å². The predicted molar refractivity (Wildman–Crippen MR) is 97.1 cm³/mol. The van der Waals surface area contributed by atoms with Crippen LogP contribution in [0.25, 0.3) is 0 Å². The summed E-state index contributed by atoms with van der Waals surface area (Å²) in [6, 6.07) is 4.13. The number of nitrogens with zero attached hydrogens (tertiary/aromatic N) is 2. The van der Waals surface area contributed by atoms with Crippen molar-refractivity contribution in [2.45, 2.75) is 33.6 Å². The molecule has 0 bridgehead atoms. The first-order chi connectivity index (χ1) is 11.3. The van der Waals surface area contributed by atoms with Crippen molar-refractivity contribution in [3.8, 4) is 0 Å². The summed E-state index contributed by atoms with van der Waals surface area (Å²) in [7, 11) is 4.04. The van der Waals surface area contributed by atoms with Gasteiger partial charge in [-0.3, -0.25) is 9.59 Å². The van der Waals surface area contributed by atoms with E-state index in [1.807, 2.05) is 39.8 Å². The fourth-order valence-electron chi connectivity index (χ4n) is 3.34. The summed E-state index contributed by atoms with van der Waals surface area (Å²) in [6.07, 6.45) is 1.25. The number of anilines is 1. The van der Waals surface area contributed by atoms with Crippen LogP contribution in [0, 0.1) is 26.7 Å². The van der Waals surface area contributed by atoms with E-state index in [9.17, 15) is 9.59 Å². The monoisotopic (exact) mass is 331 g/mol. The number of benzene rings is 1. The minimum Gasteiger partial charge on any atom is -0.342 e. The summed E-state index contributed by atoms with van der Waals surface area (Å²) < 4.78 is 0. The van der Waals surface area contributed by atoms with Gasteiger partial charge in [0, 0.05) is 25.2 Å². The molecule has 24 heavy (non-hydrogen) atoms. The van der Waals surface area contributed by atoms with Gasteiger partial charge in [-0.15, -0.1) is 0 Å². The molecule has 2 amide bonds. The first-order valence-corrected chi connectivity index (χ1v) is 8.59. The molecule has 1 aromatic carbocycles. The zero-order valence-electron chi connectivity index (χ0n) is 15.5. The lowest BCUT2D eigenvalue weighted by atomic mass is 10.0. The molecular weight excluding hydrogens is 302 g/mol. The minimum absolute atomic E-state index is 0.0477. The lowest BCUT2D eigenvalue weighted by Crippen LogP contribution is -2.30. The summed E-state index contributed by atoms with van der Waals surface area (Å²) in [5.41, 5.74) is 4.19. The summed E-state index contributed by atoms with van der Waals surface area (Å²) in [5.74, 6) is -0.211. The van der Waals surface area contributed by atoms with Crippen LogP contribution in [0.3, 0.4) is 0 Å². The molecule has 1 N–H and O–H groups in total. The van der Waals surface area contributed by atoms with E-state index in [4.69, 9.17) is 0 Å². The minimum atomic E-state index is -0.253. The zero-order valence-corrected chi connectivity index (χ0v) is 15.5. The smallest absolute Gasteiger partial charge is 0.229 e. The Morgan fingerprint density at radius 2 is 1.88 bits per heavy atom. The average Bonchev–Trinajstić information content (AvgIpc) is 2.84. The van der Waals surface area contributed by atoms with Gasteiger partial charge in [0.1, 0.15) is 0 Å². The molecule has 0 saturated carbocycles. The van der Waals surface area contributed by atoms with Gasteiger partial charge in [-0.25, -0.2) is 0 Å². The van der Waals surface area contributed by atoms with E-state index in [-0.39, 0.29) is 17.7 Å². The molecule has 1 aromatic rings. The van der Waals surface area contributed by atoms with Crippen molar-refractivity contribution >= 4 is 17.5 Å². The first-order valence-electron chi connectivity index (χ1n) is 8.59. The molecule has 1 aliphatic heterocycles. The van der Waals surface area contributed by atoms with Crippen LogP contribution >= 0.6 is 0 Å². The number of hydrogen-bond donors (Lipinski definition) is 1. The number of hydrogen-bond acceptors (Lipinski definition) is 3. The van der Waals surface area contributed by atoms with Crippen molar-refractivity contribution in [1.29, 1.82) is 0 Å². The Bertz CT molecular complexity index is 602. The third-order valence-corrected chi connectivity index (χ3v) is 4.54. The SMILES string of the molecule is Cc1cc(C)c(NC(=O)C2CC(=O)N(CCCN(C)C)C2)c(C)c1. The number of likely N-dealkylation sites (tertiary alicyclic amines) is 1. The van der Waals surface area contributed by atoms with Gasteiger partial charge in [-0.05, 0) is 59.0 Å². The Balaban J connectivity index is 1.95. The molecule has 132 valence electrons. The first kappa shape index (κ1) is 18.5. The standard InChI is InChI=1S/C19H29N3O2/c1-13-9-14(2)18(15(3)10-13)20-19(24)16-11-17(23)22(12-16)8-6-7-21(4)5/h9-10,16H,6-8,11-12H2,1-5H3,(H,20,24). The molecule has 0 aliphatic carbocycles. The van der Waals surface area contributed by atoms with Crippen molar-refractivity contribution in [3.63, 3.8) is 0 Å². The number of amides is 2. The van der Waals surface area contributed by atoms with Crippen LogP contribution in [0.4, 0.5) is 5.69 Å². The maximum Gasteiger partial charge on any atom is 0.229 e. The normalized spacial score (nSPS) is 17.7. The summed E-state index contributed by atoms with van der Waals surface area (Å²) in [6.45, 7) is 8.26. The fourth-order valence-corrected chi connectivity index (χ4v) is 3.34. The largest absolute Gasteiger partial charge is 0.342 e. The quantitative estimate of drug-likeness (QED) is 0.870. The van der Waals surface area contributed by atoms with Gasteiger partial charge >= 0.3 is 0 Å². The van der Waals surface area contributed by atoms with E-state index < -0.39 is 0 Å². The van der Waals surface area contributed by atoms with Crippen LogP contribution in [-0.2, 0) is 9.59 Å². The van der Waals surface area contributed by atoms with Gasteiger partial charge in [-0.2, -0.15) is 0 Å². The van der Waals surface area contributed by atoms with Crippen LogP contribution < -0.4 is 5.32 Å². The van der Waals surface area contributed by atoms with Crippen molar-refractivity contribution < 1.29 is 9.59 Å². The highest BCUT2D eigenvalue weighted by Crippen LogP contribution is 2.25. The van der Waals surface area contributed by atoms with Crippen molar-refractivity contribution in [1.82, 2.24) is 9.80 Å². The van der Waals surface area contributed by atoms with Crippen molar-refractivity contribution in [2.75, 3.05) is 39.0 Å². The average molecular weight is 331 g/mol. The fraction of sp³-hybridized carbons (Fsp3) is 0.579. The van der Waals surface area contributed by atoms with E-state index in [1.54, 1.807) is 0 Å². The second kappa shape index (κ2) is 7.79. The van der Waals surface area contributed by atoms with E-state index in [0.717, 1.165) is 36.3 Å². The summed E-state index contributed by atoms with van der Waals surface area (Å²) >= 11 is 0. The summed E-state index contributed by atoms with van der Waals surface area (Å²) in [5, 5.41) is 3.04. The van der Waals surface area contributed by atoms with Gasteiger partial charge in [-0.1, -0.05) is 17.7 Å². The Labute approximate surface area is 145 Å². The topological polar surface area (TPSA) is 52.7 Å². The Kier molecular flexibility index (Phi) is 5.99. The number of nitrogens with one attached hydrogen (secondary N) is 1. The second-order valence-electron chi connectivity index (χ2n) is 7.16. The van der Waals surface area contributed by atoms with Gasteiger partial charge < -0.3 is 15.1 Å². The Morgan fingerprint density at radius 3 is 2.46 bits per heavy atom. The van der Waals surface area contributed by atoms with Crippen LogP contribution in [0.5, 0.6) is 0 Å². The maximum absolute atomic E-state index is 12.6. The molecule has 1 saturated heterocycles. The van der Waals surface area contributed by atoms with Crippen LogP contribution in [-0.4, -0.2) is 55.3 Å². The number of carbonyl (C=O) groups is 2. The molecule has 0 spiro atoms. The molecule has 0 radical (unpaired) electrons. The van der Waals surface area contributed by atoms with E-state index in [1.165, 1.54) is 5.56 Å². The van der Waals surface area contributed by atoms with Gasteiger partial charge in [0.15, 0.2) is 0 Å². The summed E-state index contributed by atoms with van der Waals surface area (Å²) in [4.78, 5) is 28.6. The lowest BCUT2D eigenvalue weighted by molar-refractivity contribution is -0.128. The van der Waals surface area contributed by atoms with Crippen molar-refractivity contribution in [2.24, 2.45) is 5.92 Å². The highest BCUT2D eigenvalue weighted by atomic mass is 16.2. The lowest BCUT2D eigenvalue weighted by Gasteiger charge is -2.18. The highest BCUT2D eigenvalue weighted by molar-refractivity contribution is 5.98. The van der Waals surface area contributed by atoms with Crippen LogP contribution in [0.1, 0.15) is 29.5 Å². The highest BCUT2D eigenvalue weighted by Gasteiger charge is 2.34. The molecule has 5 heteroatoms.